The molecule has 0 aliphatic heterocycles. The number of methoxy groups -OCH3 is 1. The van der Waals surface area contributed by atoms with Crippen LogP contribution in [0.4, 0.5) is 0 Å². The van der Waals surface area contributed by atoms with Crippen LogP contribution in [0.25, 0.3) is 11.2 Å². The number of ether oxygens (including phenoxy) is 1. The highest BCUT2D eigenvalue weighted by Crippen LogP contribution is 2.21. The number of rotatable bonds is 1. The third-order valence-corrected chi connectivity index (χ3v) is 2.48. The maximum absolute atomic E-state index is 11.2. The Hall–Kier alpha value is -1.62. The Morgan fingerprint density at radius 1 is 1.60 bits per heavy atom. The van der Waals surface area contributed by atoms with Crippen molar-refractivity contribution in [3.8, 4) is 0 Å². The van der Waals surface area contributed by atoms with Crippen LogP contribution < -0.4 is 0 Å². The van der Waals surface area contributed by atoms with Gasteiger partial charge in [0.05, 0.1) is 17.6 Å². The summed E-state index contributed by atoms with van der Waals surface area (Å²) in [6, 6.07) is 0. The number of H-pyrrole nitrogens is 1. The molecule has 0 aliphatic rings. The van der Waals surface area contributed by atoms with E-state index in [0.29, 0.717) is 16.2 Å². The molecule has 0 saturated carbocycles. The first-order valence-electron chi connectivity index (χ1n) is 4.22. The number of halogens is 1. The monoisotopic (exact) mass is 225 g/mol. The largest absolute Gasteiger partial charge is 0.463 e. The molecule has 0 bridgehead atoms. The van der Waals surface area contributed by atoms with E-state index in [9.17, 15) is 4.79 Å². The smallest absolute Gasteiger partial charge is 0.374 e. The van der Waals surface area contributed by atoms with Gasteiger partial charge in [-0.2, -0.15) is 0 Å². The molecule has 0 amide bonds. The number of hydrogen-bond acceptors (Lipinski definition) is 4. The third-order valence-electron chi connectivity index (χ3n) is 2.10. The Morgan fingerprint density at radius 3 is 3.00 bits per heavy atom. The predicted octanol–water partition coefficient (Wildman–Crippen LogP) is 1.71. The van der Waals surface area contributed by atoms with E-state index in [4.69, 9.17) is 11.6 Å². The molecule has 0 atom stereocenters. The van der Waals surface area contributed by atoms with Gasteiger partial charge in [0.15, 0.2) is 5.65 Å². The number of hydrogen-bond donors (Lipinski definition) is 1. The van der Waals surface area contributed by atoms with Gasteiger partial charge in [-0.15, -0.1) is 0 Å². The normalized spacial score (nSPS) is 10.6. The zero-order chi connectivity index (χ0) is 11.0. The molecule has 0 aromatic carbocycles. The van der Waals surface area contributed by atoms with Gasteiger partial charge in [-0.05, 0) is 12.5 Å². The summed E-state index contributed by atoms with van der Waals surface area (Å²) in [5.74, 6) is -0.395. The van der Waals surface area contributed by atoms with E-state index >= 15 is 0 Å². The van der Waals surface area contributed by atoms with Crippen molar-refractivity contribution in [3.05, 3.63) is 22.6 Å². The lowest BCUT2D eigenvalue weighted by Gasteiger charge is -1.95. The first-order chi connectivity index (χ1) is 7.13. The molecule has 0 saturated heterocycles. The van der Waals surface area contributed by atoms with Crippen molar-refractivity contribution in [3.63, 3.8) is 0 Å². The summed E-state index contributed by atoms with van der Waals surface area (Å²) >= 11 is 5.88. The van der Waals surface area contributed by atoms with E-state index in [2.05, 4.69) is 19.7 Å². The van der Waals surface area contributed by atoms with Gasteiger partial charge >= 0.3 is 5.97 Å². The molecular weight excluding hydrogens is 218 g/mol. The molecule has 2 heterocycles. The summed E-state index contributed by atoms with van der Waals surface area (Å²) in [7, 11) is 1.29. The molecule has 0 aliphatic carbocycles. The number of nitrogens with zero attached hydrogens (tertiary/aromatic N) is 2. The minimum absolute atomic E-state index is 0.130. The molecule has 2 rings (SSSR count). The van der Waals surface area contributed by atoms with Crippen molar-refractivity contribution in [2.24, 2.45) is 0 Å². The van der Waals surface area contributed by atoms with Crippen LogP contribution in [0.5, 0.6) is 0 Å². The zero-order valence-electron chi connectivity index (χ0n) is 8.17. The van der Waals surface area contributed by atoms with Crippen molar-refractivity contribution in [2.45, 2.75) is 6.92 Å². The summed E-state index contributed by atoms with van der Waals surface area (Å²) in [5, 5.41) is 0.530. The summed E-state index contributed by atoms with van der Waals surface area (Å²) < 4.78 is 4.54. The average Bonchev–Trinajstić information content (AvgIpc) is 2.67. The number of aromatic amines is 1. The van der Waals surface area contributed by atoms with E-state index in [-0.39, 0.29) is 5.82 Å². The van der Waals surface area contributed by atoms with Gasteiger partial charge in [-0.1, -0.05) is 11.6 Å². The first-order valence-corrected chi connectivity index (χ1v) is 4.60. The molecule has 0 fully saturated rings. The third kappa shape index (κ3) is 1.55. The number of aromatic nitrogens is 3. The molecule has 6 heteroatoms. The second kappa shape index (κ2) is 3.51. The molecule has 5 nitrogen and oxygen atoms in total. The lowest BCUT2D eigenvalue weighted by atomic mass is 10.3. The number of imidazole rings is 1. The van der Waals surface area contributed by atoms with Crippen LogP contribution in [-0.4, -0.2) is 28.0 Å². The van der Waals surface area contributed by atoms with Crippen LogP contribution >= 0.6 is 11.6 Å². The van der Waals surface area contributed by atoms with Crippen LogP contribution in [0.2, 0.25) is 5.02 Å². The number of carbonyl (C=O) groups is 1. The van der Waals surface area contributed by atoms with Crippen molar-refractivity contribution in [1.29, 1.82) is 0 Å². The quantitative estimate of drug-likeness (QED) is 0.751. The van der Waals surface area contributed by atoms with E-state index in [0.717, 1.165) is 5.56 Å². The van der Waals surface area contributed by atoms with E-state index in [1.54, 1.807) is 0 Å². The van der Waals surface area contributed by atoms with Crippen LogP contribution in [-0.2, 0) is 4.74 Å². The van der Waals surface area contributed by atoms with Crippen LogP contribution in [0.1, 0.15) is 16.2 Å². The van der Waals surface area contributed by atoms with Gasteiger partial charge in [-0.25, -0.2) is 14.8 Å². The Kier molecular flexibility index (Phi) is 2.32. The van der Waals surface area contributed by atoms with Crippen LogP contribution in [0.3, 0.4) is 0 Å². The van der Waals surface area contributed by atoms with Gasteiger partial charge in [0, 0.05) is 6.20 Å². The second-order valence-corrected chi connectivity index (χ2v) is 3.41. The molecule has 2 aromatic rings. The highest BCUT2D eigenvalue weighted by molar-refractivity contribution is 6.31. The first kappa shape index (κ1) is 9.92. The van der Waals surface area contributed by atoms with E-state index in [1.807, 2.05) is 6.92 Å². The molecule has 1 N–H and O–H groups in total. The van der Waals surface area contributed by atoms with Crippen LogP contribution in [0.15, 0.2) is 6.20 Å². The van der Waals surface area contributed by atoms with Gasteiger partial charge in [0.1, 0.15) is 0 Å². The summed E-state index contributed by atoms with van der Waals surface area (Å²) in [6.45, 7) is 1.82. The number of fused-ring (bicyclic) bond motifs is 1. The molecule has 0 spiro atoms. The van der Waals surface area contributed by atoms with Crippen molar-refractivity contribution in [2.75, 3.05) is 7.11 Å². The maximum Gasteiger partial charge on any atom is 0.374 e. The molecule has 78 valence electrons. The number of nitrogens with one attached hydrogen (secondary N) is 1. The average molecular weight is 226 g/mol. The number of aryl methyl sites for hydroxylation is 1. The van der Waals surface area contributed by atoms with Crippen molar-refractivity contribution < 1.29 is 9.53 Å². The molecule has 0 radical (unpaired) electrons. The molecular formula is C9H8ClN3O2. The fourth-order valence-corrected chi connectivity index (χ4v) is 1.39. The fraction of sp³-hybridized carbons (Fsp3) is 0.222. The molecule has 15 heavy (non-hydrogen) atoms. The lowest BCUT2D eigenvalue weighted by molar-refractivity contribution is 0.0588. The van der Waals surface area contributed by atoms with Gasteiger partial charge in [0.2, 0.25) is 5.82 Å². The van der Waals surface area contributed by atoms with E-state index < -0.39 is 5.97 Å². The van der Waals surface area contributed by atoms with Gasteiger partial charge < -0.3 is 9.72 Å². The predicted molar refractivity (Wildman–Crippen MR) is 55.0 cm³/mol. The molecule has 0 unspecified atom stereocenters. The second-order valence-electron chi connectivity index (χ2n) is 3.01. The Labute approximate surface area is 90.4 Å². The topological polar surface area (TPSA) is 67.9 Å². The minimum Gasteiger partial charge on any atom is -0.463 e. The Morgan fingerprint density at radius 2 is 2.33 bits per heavy atom. The van der Waals surface area contributed by atoms with Crippen molar-refractivity contribution in [1.82, 2.24) is 15.0 Å². The molecule has 2 aromatic heterocycles. The highest BCUT2D eigenvalue weighted by Gasteiger charge is 2.14. The summed E-state index contributed by atoms with van der Waals surface area (Å²) in [6.07, 6.45) is 1.50. The Balaban J connectivity index is 2.66. The maximum atomic E-state index is 11.2. The summed E-state index contributed by atoms with van der Waals surface area (Å²) in [5.41, 5.74) is 1.92. The number of carbonyl (C=O) groups excluding carboxylic acids is 1. The highest BCUT2D eigenvalue weighted by atomic mass is 35.5. The zero-order valence-corrected chi connectivity index (χ0v) is 8.92. The SMILES string of the molecule is COC(=O)c1nc2ncc(Cl)c(C)c2[nH]1. The van der Waals surface area contributed by atoms with Crippen LogP contribution in [0, 0.1) is 6.92 Å². The van der Waals surface area contributed by atoms with Gasteiger partial charge in [0.25, 0.3) is 0 Å². The fourth-order valence-electron chi connectivity index (χ4n) is 1.25. The minimum atomic E-state index is -0.525. The summed E-state index contributed by atoms with van der Waals surface area (Å²) in [4.78, 5) is 22.0. The van der Waals surface area contributed by atoms with Gasteiger partial charge in [-0.3, -0.25) is 0 Å². The number of esters is 1. The van der Waals surface area contributed by atoms with Crippen molar-refractivity contribution >= 4 is 28.7 Å². The van der Waals surface area contributed by atoms with E-state index in [1.165, 1.54) is 13.3 Å². The lowest BCUT2D eigenvalue weighted by Crippen LogP contribution is -2.02. The number of pyridine rings is 1. The Bertz CT molecular complexity index is 535. The standard InChI is InChI=1S/C9H8ClN3O2/c1-4-5(10)3-11-7-6(4)12-8(13-7)9(14)15-2/h3H,1-2H3,(H,11,12,13).